The second-order valence-corrected chi connectivity index (χ2v) is 8.22. The molecule has 0 unspecified atom stereocenters. The van der Waals surface area contributed by atoms with E-state index < -0.39 is 23.8 Å². The summed E-state index contributed by atoms with van der Waals surface area (Å²) in [6.07, 6.45) is 4.78. The van der Waals surface area contributed by atoms with Crippen molar-refractivity contribution in [3.8, 4) is 11.5 Å². The van der Waals surface area contributed by atoms with Gasteiger partial charge in [0.2, 0.25) is 0 Å². The summed E-state index contributed by atoms with van der Waals surface area (Å²) >= 11 is 2.01. The van der Waals surface area contributed by atoms with Crippen molar-refractivity contribution in [2.24, 2.45) is 0 Å². The average Bonchev–Trinajstić information content (AvgIpc) is 3.24. The van der Waals surface area contributed by atoms with E-state index in [-0.39, 0.29) is 24.8 Å². The van der Waals surface area contributed by atoms with Gasteiger partial charge >= 0.3 is 12.0 Å². The Kier molecular flexibility index (Phi) is 7.52. The fraction of sp³-hybridized carbons (Fsp3) is 0.429. The van der Waals surface area contributed by atoms with Gasteiger partial charge in [0.25, 0.3) is 11.8 Å². The summed E-state index contributed by atoms with van der Waals surface area (Å²) in [5.74, 6) is -1.17. The van der Waals surface area contributed by atoms with Crippen LogP contribution in [0.3, 0.4) is 0 Å². The SMILES string of the molecule is CCOC(=O)COc1c(I)cc(/C=C2\C(=O)NC(=O)N(C3CCCC3)C2=O)cc1OC. The Morgan fingerprint density at radius 2 is 1.97 bits per heavy atom. The molecule has 1 aliphatic carbocycles. The monoisotopic (exact) mass is 542 g/mol. The lowest BCUT2D eigenvalue weighted by molar-refractivity contribution is -0.145. The number of rotatable bonds is 7. The van der Waals surface area contributed by atoms with Gasteiger partial charge in [-0.3, -0.25) is 19.8 Å². The van der Waals surface area contributed by atoms with E-state index in [0.717, 1.165) is 30.6 Å². The number of urea groups is 1. The maximum absolute atomic E-state index is 12.9. The number of methoxy groups -OCH3 is 1. The highest BCUT2D eigenvalue weighted by Gasteiger charge is 2.40. The number of halogens is 1. The van der Waals surface area contributed by atoms with Crippen LogP contribution >= 0.6 is 22.6 Å². The number of esters is 1. The van der Waals surface area contributed by atoms with E-state index in [1.54, 1.807) is 19.1 Å². The molecule has 0 spiro atoms. The van der Waals surface area contributed by atoms with Crippen LogP contribution in [0.15, 0.2) is 17.7 Å². The second kappa shape index (κ2) is 10.1. The summed E-state index contributed by atoms with van der Waals surface area (Å²) < 4.78 is 16.4. The molecule has 0 bridgehead atoms. The van der Waals surface area contributed by atoms with Crippen LogP contribution in [0.5, 0.6) is 11.5 Å². The Morgan fingerprint density at radius 1 is 1.26 bits per heavy atom. The van der Waals surface area contributed by atoms with Gasteiger partial charge in [-0.25, -0.2) is 9.59 Å². The molecule has 1 saturated heterocycles. The lowest BCUT2D eigenvalue weighted by atomic mass is 10.0. The molecule has 2 fully saturated rings. The fourth-order valence-corrected chi connectivity index (χ4v) is 4.41. The number of benzene rings is 1. The molecule has 0 radical (unpaired) electrons. The molecule has 1 heterocycles. The van der Waals surface area contributed by atoms with Gasteiger partial charge in [0.15, 0.2) is 18.1 Å². The first-order valence-corrected chi connectivity index (χ1v) is 11.0. The van der Waals surface area contributed by atoms with E-state index >= 15 is 0 Å². The second-order valence-electron chi connectivity index (χ2n) is 7.06. The highest BCUT2D eigenvalue weighted by molar-refractivity contribution is 14.1. The van der Waals surface area contributed by atoms with Crippen molar-refractivity contribution in [1.82, 2.24) is 10.2 Å². The van der Waals surface area contributed by atoms with E-state index in [9.17, 15) is 19.2 Å². The average molecular weight is 542 g/mol. The molecule has 1 aromatic rings. The van der Waals surface area contributed by atoms with Crippen molar-refractivity contribution in [3.05, 3.63) is 26.8 Å². The van der Waals surface area contributed by atoms with Crippen LogP contribution in [0.25, 0.3) is 6.08 Å². The highest BCUT2D eigenvalue weighted by Crippen LogP contribution is 2.35. The lowest BCUT2D eigenvalue weighted by Crippen LogP contribution is -2.57. The van der Waals surface area contributed by atoms with Gasteiger partial charge in [-0.05, 0) is 66.1 Å². The molecule has 3 rings (SSSR count). The third-order valence-electron chi connectivity index (χ3n) is 5.03. The zero-order chi connectivity index (χ0) is 22.5. The number of barbiturate groups is 1. The molecule has 0 atom stereocenters. The number of hydrogen-bond acceptors (Lipinski definition) is 7. The smallest absolute Gasteiger partial charge is 0.344 e. The molecule has 0 aromatic heterocycles. The Bertz CT molecular complexity index is 938. The molecule has 1 N–H and O–H groups in total. The number of imide groups is 2. The summed E-state index contributed by atoms with van der Waals surface area (Å²) in [5, 5.41) is 2.26. The van der Waals surface area contributed by atoms with Crippen LogP contribution in [0.2, 0.25) is 0 Å². The number of hydrogen-bond donors (Lipinski definition) is 1. The minimum atomic E-state index is -0.735. The number of carbonyl (C=O) groups excluding carboxylic acids is 4. The van der Waals surface area contributed by atoms with E-state index in [4.69, 9.17) is 14.2 Å². The van der Waals surface area contributed by atoms with Crippen molar-refractivity contribution in [2.75, 3.05) is 20.3 Å². The van der Waals surface area contributed by atoms with Crippen molar-refractivity contribution in [1.29, 1.82) is 0 Å². The number of carbonyl (C=O) groups is 4. The number of nitrogens with one attached hydrogen (secondary N) is 1. The van der Waals surface area contributed by atoms with Crippen molar-refractivity contribution in [3.63, 3.8) is 0 Å². The van der Waals surface area contributed by atoms with Crippen LogP contribution in [-0.2, 0) is 19.1 Å². The van der Waals surface area contributed by atoms with Gasteiger partial charge in [-0.1, -0.05) is 12.8 Å². The topological polar surface area (TPSA) is 111 Å². The molecular weight excluding hydrogens is 519 g/mol. The normalized spacial score (nSPS) is 18.4. The molecule has 166 valence electrons. The minimum absolute atomic E-state index is 0.121. The van der Waals surface area contributed by atoms with Gasteiger partial charge < -0.3 is 14.2 Å². The maximum atomic E-state index is 12.9. The standard InChI is InChI=1S/C21H23IN2O7/c1-3-30-17(25)11-31-18-15(22)9-12(10-16(18)29-2)8-14-19(26)23-21(28)24(20(14)27)13-6-4-5-7-13/h8-10,13H,3-7,11H2,1-2H3,(H,23,26,28)/b14-8+. The van der Waals surface area contributed by atoms with Gasteiger partial charge in [0, 0.05) is 6.04 Å². The molecule has 2 aliphatic rings. The van der Waals surface area contributed by atoms with Gasteiger partial charge in [-0.15, -0.1) is 0 Å². The van der Waals surface area contributed by atoms with E-state index in [0.29, 0.717) is 20.6 Å². The molecule has 10 heteroatoms. The van der Waals surface area contributed by atoms with E-state index in [1.807, 2.05) is 22.6 Å². The number of amides is 4. The van der Waals surface area contributed by atoms with Crippen LogP contribution in [0.4, 0.5) is 4.79 Å². The largest absolute Gasteiger partial charge is 0.493 e. The van der Waals surface area contributed by atoms with Gasteiger partial charge in [0.05, 0.1) is 17.3 Å². The number of nitrogens with zero attached hydrogens (tertiary/aromatic N) is 1. The Labute approximate surface area is 193 Å². The molecule has 1 aliphatic heterocycles. The molecule has 4 amide bonds. The first kappa shape index (κ1) is 23.0. The fourth-order valence-electron chi connectivity index (χ4n) is 3.63. The molecular formula is C21H23IN2O7. The summed E-state index contributed by atoms with van der Waals surface area (Å²) in [5.41, 5.74) is 0.397. The van der Waals surface area contributed by atoms with Crippen LogP contribution in [0.1, 0.15) is 38.2 Å². The first-order chi connectivity index (χ1) is 14.8. The number of ether oxygens (including phenoxy) is 3. The summed E-state index contributed by atoms with van der Waals surface area (Å²) in [6, 6.07) is 2.41. The predicted molar refractivity (Wildman–Crippen MR) is 118 cm³/mol. The lowest BCUT2D eigenvalue weighted by Gasteiger charge is -2.31. The van der Waals surface area contributed by atoms with Crippen molar-refractivity contribution >= 4 is 52.5 Å². The zero-order valence-electron chi connectivity index (χ0n) is 17.2. The summed E-state index contributed by atoms with van der Waals surface area (Å²) in [4.78, 5) is 50.3. The van der Waals surface area contributed by atoms with Gasteiger partial charge in [0.1, 0.15) is 5.57 Å². The Balaban J connectivity index is 1.88. The van der Waals surface area contributed by atoms with Crippen LogP contribution in [0, 0.1) is 3.57 Å². The molecule has 1 aromatic carbocycles. The molecule has 1 saturated carbocycles. The van der Waals surface area contributed by atoms with Crippen LogP contribution in [-0.4, -0.2) is 55.1 Å². The zero-order valence-corrected chi connectivity index (χ0v) is 19.4. The van der Waals surface area contributed by atoms with Gasteiger partial charge in [-0.2, -0.15) is 0 Å². The summed E-state index contributed by atoms with van der Waals surface area (Å²) in [6.45, 7) is 1.67. The predicted octanol–water partition coefficient (Wildman–Crippen LogP) is 2.65. The van der Waals surface area contributed by atoms with E-state index in [2.05, 4.69) is 5.32 Å². The van der Waals surface area contributed by atoms with E-state index in [1.165, 1.54) is 13.2 Å². The van der Waals surface area contributed by atoms with Crippen LogP contribution < -0.4 is 14.8 Å². The van der Waals surface area contributed by atoms with Crippen molar-refractivity contribution < 1.29 is 33.4 Å². The first-order valence-electron chi connectivity index (χ1n) is 9.92. The highest BCUT2D eigenvalue weighted by atomic mass is 127. The minimum Gasteiger partial charge on any atom is -0.493 e. The third-order valence-corrected chi connectivity index (χ3v) is 5.83. The molecule has 31 heavy (non-hydrogen) atoms. The Morgan fingerprint density at radius 3 is 2.61 bits per heavy atom. The maximum Gasteiger partial charge on any atom is 0.344 e. The Hall–Kier alpha value is -2.63. The van der Waals surface area contributed by atoms with Crippen molar-refractivity contribution in [2.45, 2.75) is 38.6 Å². The third kappa shape index (κ3) is 5.17. The molecule has 9 nitrogen and oxygen atoms in total. The summed E-state index contributed by atoms with van der Waals surface area (Å²) in [7, 11) is 1.44. The quantitative estimate of drug-likeness (QED) is 0.244.